The van der Waals surface area contributed by atoms with E-state index in [1.807, 2.05) is 18.2 Å². The number of para-hydroxylation sites is 2. The summed E-state index contributed by atoms with van der Waals surface area (Å²) in [6, 6.07) is 8.16. The molecule has 1 heterocycles. The van der Waals surface area contributed by atoms with Crippen LogP contribution in [0.3, 0.4) is 0 Å². The van der Waals surface area contributed by atoms with Crippen LogP contribution in [0.25, 0.3) is 0 Å². The summed E-state index contributed by atoms with van der Waals surface area (Å²) in [5.74, 6) is 1.00. The number of ether oxygens (including phenoxy) is 1. The molecule has 0 fully saturated rings. The predicted octanol–water partition coefficient (Wildman–Crippen LogP) is 2.63. The van der Waals surface area contributed by atoms with E-state index < -0.39 is 0 Å². The summed E-state index contributed by atoms with van der Waals surface area (Å²) in [5, 5.41) is 0. The van der Waals surface area contributed by atoms with Gasteiger partial charge in [-0.2, -0.15) is 0 Å². The van der Waals surface area contributed by atoms with E-state index in [-0.39, 0.29) is 0 Å². The average Bonchev–Trinajstić information content (AvgIpc) is 2.29. The highest BCUT2D eigenvalue weighted by atomic mass is 127. The summed E-state index contributed by atoms with van der Waals surface area (Å²) < 4.78 is 7.78. The lowest BCUT2D eigenvalue weighted by Crippen LogP contribution is -2.09. The Kier molecular flexibility index (Phi) is 2.39. The zero-order chi connectivity index (χ0) is 8.39. The van der Waals surface area contributed by atoms with Crippen molar-refractivity contribution in [3.63, 3.8) is 0 Å². The molecule has 0 amide bonds. The molecule has 64 valence electrons. The highest BCUT2D eigenvalue weighted by Gasteiger charge is 2.12. The molecule has 0 N–H and O–H groups in total. The quantitative estimate of drug-likeness (QED) is 0.533. The molecular formula is C9H10INO. The van der Waals surface area contributed by atoms with Crippen LogP contribution in [0.2, 0.25) is 0 Å². The third-order valence-electron chi connectivity index (χ3n) is 1.88. The number of fused-ring (bicyclic) bond motifs is 1. The largest absolute Gasteiger partial charge is 0.491 e. The van der Waals surface area contributed by atoms with Gasteiger partial charge in [0, 0.05) is 6.54 Å². The van der Waals surface area contributed by atoms with Crippen LogP contribution in [-0.4, -0.2) is 13.2 Å². The van der Waals surface area contributed by atoms with Crippen molar-refractivity contribution in [3.8, 4) is 5.75 Å². The summed E-state index contributed by atoms with van der Waals surface area (Å²) in [6.45, 7) is 1.90. The van der Waals surface area contributed by atoms with Crippen LogP contribution in [0, 0.1) is 0 Å². The van der Waals surface area contributed by atoms with Crippen LogP contribution in [0.4, 0.5) is 5.69 Å². The van der Waals surface area contributed by atoms with Crippen LogP contribution >= 0.6 is 22.9 Å². The lowest BCUT2D eigenvalue weighted by molar-refractivity contribution is 0.323. The molecule has 2 rings (SSSR count). The molecule has 0 atom stereocenters. The highest BCUT2D eigenvalue weighted by Crippen LogP contribution is 2.32. The van der Waals surface area contributed by atoms with Crippen LogP contribution in [-0.2, 0) is 0 Å². The van der Waals surface area contributed by atoms with E-state index in [4.69, 9.17) is 4.74 Å². The van der Waals surface area contributed by atoms with Gasteiger partial charge in [0.2, 0.25) is 0 Å². The second-order valence-electron chi connectivity index (χ2n) is 2.76. The number of hydrogen-bond donors (Lipinski definition) is 0. The van der Waals surface area contributed by atoms with Gasteiger partial charge in [-0.3, -0.25) is 0 Å². The normalized spacial score (nSPS) is 16.2. The van der Waals surface area contributed by atoms with Gasteiger partial charge >= 0.3 is 0 Å². The van der Waals surface area contributed by atoms with Crippen molar-refractivity contribution in [2.75, 3.05) is 16.3 Å². The second-order valence-corrected chi connectivity index (χ2v) is 3.92. The van der Waals surface area contributed by atoms with Crippen molar-refractivity contribution in [2.45, 2.75) is 6.42 Å². The lowest BCUT2D eigenvalue weighted by Gasteiger charge is -2.14. The van der Waals surface area contributed by atoms with Crippen LogP contribution in [0.5, 0.6) is 5.75 Å². The van der Waals surface area contributed by atoms with E-state index in [2.05, 4.69) is 32.0 Å². The fourth-order valence-corrected chi connectivity index (χ4v) is 2.03. The van der Waals surface area contributed by atoms with Crippen LogP contribution in [0.15, 0.2) is 24.3 Å². The van der Waals surface area contributed by atoms with Gasteiger partial charge in [0.25, 0.3) is 0 Å². The Morgan fingerprint density at radius 1 is 1.33 bits per heavy atom. The average molecular weight is 275 g/mol. The zero-order valence-electron chi connectivity index (χ0n) is 6.66. The molecule has 1 aromatic rings. The highest BCUT2D eigenvalue weighted by molar-refractivity contribution is 14.1. The number of rotatable bonds is 0. The summed E-state index contributed by atoms with van der Waals surface area (Å²) in [6.07, 6.45) is 1.09. The molecule has 2 nitrogen and oxygen atoms in total. The topological polar surface area (TPSA) is 12.5 Å². The first-order valence-corrected chi connectivity index (χ1v) is 4.99. The SMILES string of the molecule is IN1CCCOc2ccccc21. The molecule has 0 unspecified atom stereocenters. The van der Waals surface area contributed by atoms with E-state index in [1.165, 1.54) is 5.69 Å². The minimum absolute atomic E-state index is 0.830. The van der Waals surface area contributed by atoms with Crippen molar-refractivity contribution in [2.24, 2.45) is 0 Å². The van der Waals surface area contributed by atoms with Gasteiger partial charge in [-0.15, -0.1) is 0 Å². The van der Waals surface area contributed by atoms with E-state index in [0.717, 1.165) is 25.3 Å². The molecule has 0 radical (unpaired) electrons. The Labute approximate surface area is 86.0 Å². The minimum atomic E-state index is 0.830. The van der Waals surface area contributed by atoms with E-state index >= 15 is 0 Å². The predicted molar refractivity (Wildman–Crippen MR) is 57.9 cm³/mol. The van der Waals surface area contributed by atoms with E-state index in [0.29, 0.717) is 0 Å². The minimum Gasteiger partial charge on any atom is -0.491 e. The van der Waals surface area contributed by atoms with Gasteiger partial charge in [0.1, 0.15) is 5.75 Å². The van der Waals surface area contributed by atoms with Gasteiger partial charge in [-0.1, -0.05) is 12.1 Å². The van der Waals surface area contributed by atoms with Gasteiger partial charge in [0.05, 0.1) is 35.2 Å². The van der Waals surface area contributed by atoms with Crippen molar-refractivity contribution in [3.05, 3.63) is 24.3 Å². The maximum absolute atomic E-state index is 5.57. The van der Waals surface area contributed by atoms with Crippen molar-refractivity contribution < 1.29 is 4.74 Å². The van der Waals surface area contributed by atoms with Gasteiger partial charge in [-0.25, -0.2) is 0 Å². The molecule has 0 bridgehead atoms. The molecule has 0 aromatic heterocycles. The van der Waals surface area contributed by atoms with Gasteiger partial charge in [-0.05, 0) is 18.6 Å². The Balaban J connectivity index is 2.39. The van der Waals surface area contributed by atoms with E-state index in [1.54, 1.807) is 0 Å². The van der Waals surface area contributed by atoms with Crippen molar-refractivity contribution >= 4 is 28.6 Å². The maximum atomic E-state index is 5.57. The number of halogens is 1. The summed E-state index contributed by atoms with van der Waals surface area (Å²) in [4.78, 5) is 0. The molecule has 1 aromatic carbocycles. The molecule has 0 saturated heterocycles. The molecule has 1 aliphatic rings. The van der Waals surface area contributed by atoms with Crippen LogP contribution < -0.4 is 7.85 Å². The summed E-state index contributed by atoms with van der Waals surface area (Å²) >= 11 is 2.33. The standard InChI is InChI=1S/C9H10INO/c10-11-6-3-7-12-9-5-2-1-4-8(9)11/h1-2,4-5H,3,6-7H2. The van der Waals surface area contributed by atoms with E-state index in [9.17, 15) is 0 Å². The monoisotopic (exact) mass is 275 g/mol. The first-order chi connectivity index (χ1) is 5.88. The molecule has 0 saturated carbocycles. The third kappa shape index (κ3) is 1.50. The fourth-order valence-electron chi connectivity index (χ4n) is 1.29. The fraction of sp³-hybridized carbons (Fsp3) is 0.333. The van der Waals surface area contributed by atoms with Crippen molar-refractivity contribution in [1.29, 1.82) is 0 Å². The van der Waals surface area contributed by atoms with Crippen molar-refractivity contribution in [1.82, 2.24) is 0 Å². The van der Waals surface area contributed by atoms with Gasteiger partial charge < -0.3 is 7.85 Å². The lowest BCUT2D eigenvalue weighted by atomic mass is 10.3. The first kappa shape index (κ1) is 8.16. The summed E-state index contributed by atoms with van der Waals surface area (Å²) in [7, 11) is 0. The molecule has 12 heavy (non-hydrogen) atoms. The Bertz CT molecular complexity index is 277. The molecule has 1 aliphatic heterocycles. The maximum Gasteiger partial charge on any atom is 0.143 e. The molecule has 0 aliphatic carbocycles. The first-order valence-electron chi connectivity index (χ1n) is 4.03. The molecule has 0 spiro atoms. The molecular weight excluding hydrogens is 265 g/mol. The smallest absolute Gasteiger partial charge is 0.143 e. The van der Waals surface area contributed by atoms with Crippen LogP contribution in [0.1, 0.15) is 6.42 Å². The number of hydrogen-bond acceptors (Lipinski definition) is 2. The van der Waals surface area contributed by atoms with Gasteiger partial charge in [0.15, 0.2) is 0 Å². The number of nitrogens with zero attached hydrogens (tertiary/aromatic N) is 1. The number of anilines is 1. The Morgan fingerprint density at radius 2 is 2.17 bits per heavy atom. The molecule has 3 heteroatoms. The summed E-state index contributed by atoms with van der Waals surface area (Å²) in [5.41, 5.74) is 1.19. The zero-order valence-corrected chi connectivity index (χ0v) is 8.82. The second kappa shape index (κ2) is 3.51. The number of benzene rings is 1. The Morgan fingerprint density at radius 3 is 3.08 bits per heavy atom. The Hall–Kier alpha value is -0.450. The third-order valence-corrected chi connectivity index (χ3v) is 2.89.